The summed E-state index contributed by atoms with van der Waals surface area (Å²) in [5.41, 5.74) is 13.6. The van der Waals surface area contributed by atoms with Gasteiger partial charge in [0, 0.05) is 12.4 Å². The van der Waals surface area contributed by atoms with E-state index in [1.165, 1.54) is 14.2 Å². The monoisotopic (exact) mass is 540 g/mol. The zero-order valence-electron chi connectivity index (χ0n) is 22.3. The van der Waals surface area contributed by atoms with Crippen molar-refractivity contribution < 1.29 is 19.1 Å². The lowest BCUT2D eigenvalue weighted by Crippen LogP contribution is -2.44. The Morgan fingerprint density at radius 1 is 0.800 bits per heavy atom. The topological polar surface area (TPSA) is 130 Å². The smallest absolute Gasteiger partial charge is 0.309 e. The summed E-state index contributed by atoms with van der Waals surface area (Å²) < 4.78 is 9.74. The number of hydrogen-bond acceptors (Lipinski definition) is 10. The number of benzene rings is 3. The predicted molar refractivity (Wildman–Crippen MR) is 151 cm³/mol. The molecule has 6 N–H and O–H groups in total. The molecule has 3 aromatic rings. The minimum absolute atomic E-state index is 0.161. The molecule has 0 saturated heterocycles. The second-order valence-electron chi connectivity index (χ2n) is 9.45. The van der Waals surface area contributed by atoms with Crippen LogP contribution in [-0.2, 0) is 31.9 Å². The largest absolute Gasteiger partial charge is 0.469 e. The molecule has 2 atom stereocenters. The highest BCUT2D eigenvalue weighted by molar-refractivity contribution is 5.75. The summed E-state index contributed by atoms with van der Waals surface area (Å²) >= 11 is 0. The van der Waals surface area contributed by atoms with Gasteiger partial charge in [-0.05, 0) is 39.4 Å². The molecule has 2 aliphatic rings. The molecule has 0 fully saturated rings. The molecule has 2 aliphatic heterocycles. The van der Waals surface area contributed by atoms with E-state index in [1.54, 1.807) is 5.01 Å². The number of carbonyl (C=O) groups is 2. The number of esters is 2. The van der Waals surface area contributed by atoms with E-state index >= 15 is 0 Å². The molecule has 10 nitrogen and oxygen atoms in total. The highest BCUT2D eigenvalue weighted by Gasteiger charge is 2.27. The first-order chi connectivity index (χ1) is 19.5. The number of carbonyl (C=O) groups excluding carboxylic acids is 2. The Morgan fingerprint density at radius 2 is 1.40 bits per heavy atom. The maximum absolute atomic E-state index is 12.0. The number of nitrogens with two attached hydrogens (primary N) is 1. The minimum atomic E-state index is -0.340. The molecule has 206 valence electrons. The van der Waals surface area contributed by atoms with Crippen molar-refractivity contribution in [2.75, 3.05) is 14.2 Å². The van der Waals surface area contributed by atoms with E-state index in [-0.39, 0.29) is 37.1 Å². The van der Waals surface area contributed by atoms with Gasteiger partial charge in [0.1, 0.15) is 12.3 Å². The molecule has 5 rings (SSSR count). The van der Waals surface area contributed by atoms with Gasteiger partial charge in [0.05, 0.1) is 38.5 Å². The Labute approximate surface area is 232 Å². The van der Waals surface area contributed by atoms with E-state index in [1.807, 2.05) is 79.1 Å². The van der Waals surface area contributed by atoms with Crippen LogP contribution in [0.25, 0.3) is 11.4 Å². The van der Waals surface area contributed by atoms with E-state index in [0.717, 1.165) is 44.8 Å². The van der Waals surface area contributed by atoms with E-state index < -0.39 is 0 Å². The Bertz CT molecular complexity index is 1450. The Balaban J connectivity index is 1.34. The van der Waals surface area contributed by atoms with Crippen LogP contribution >= 0.6 is 0 Å². The van der Waals surface area contributed by atoms with Crippen molar-refractivity contribution in [1.82, 2.24) is 26.5 Å². The van der Waals surface area contributed by atoms with Gasteiger partial charge in [-0.1, -0.05) is 66.7 Å². The molecule has 0 radical (unpaired) electrons. The molecule has 0 amide bonds. The van der Waals surface area contributed by atoms with Gasteiger partial charge in [-0.15, -0.1) is 0 Å². The zero-order chi connectivity index (χ0) is 28.1. The van der Waals surface area contributed by atoms with Crippen LogP contribution < -0.4 is 27.3 Å². The fourth-order valence-electron chi connectivity index (χ4n) is 4.88. The third kappa shape index (κ3) is 5.78. The number of hydrazine groups is 2. The van der Waals surface area contributed by atoms with Crippen LogP contribution in [-0.4, -0.2) is 31.2 Å². The summed E-state index contributed by atoms with van der Waals surface area (Å²) in [5, 5.41) is 8.63. The van der Waals surface area contributed by atoms with Crippen molar-refractivity contribution in [2.24, 2.45) is 5.84 Å². The number of ether oxygens (including phenoxy) is 2. The standard InChI is InChI=1S/C30H32N6O4/c1-39-27(37)15-19-8-3-5-12-23(19)29-33-25(17-32-35-29)21-10-7-11-22(14-21)26-18-36(31)30(34-26)24-13-6-4-9-20(24)16-28(38)40-2/h3-14,17-18,29-30,32-35H,15-16,31H2,1-2H3. The quantitative estimate of drug-likeness (QED) is 0.215. The van der Waals surface area contributed by atoms with Crippen molar-refractivity contribution in [3.05, 3.63) is 119 Å². The number of methoxy groups -OCH3 is 2. The summed E-state index contributed by atoms with van der Waals surface area (Å²) in [6.07, 6.45) is 3.44. The molecule has 10 heteroatoms. The Hall–Kier alpha value is -4.80. The summed E-state index contributed by atoms with van der Waals surface area (Å²) in [4.78, 5) is 23.9. The second-order valence-corrected chi connectivity index (χ2v) is 9.45. The zero-order valence-corrected chi connectivity index (χ0v) is 22.3. The normalized spacial score (nSPS) is 18.0. The molecule has 2 heterocycles. The molecular weight excluding hydrogens is 508 g/mol. The van der Waals surface area contributed by atoms with E-state index in [9.17, 15) is 9.59 Å². The lowest BCUT2D eigenvalue weighted by Gasteiger charge is -2.29. The van der Waals surface area contributed by atoms with Crippen LogP contribution in [0.1, 0.15) is 45.7 Å². The number of nitrogens with zero attached hydrogens (tertiary/aromatic N) is 1. The number of hydrogen-bond donors (Lipinski definition) is 5. The highest BCUT2D eigenvalue weighted by Crippen LogP contribution is 2.31. The number of nitrogens with one attached hydrogen (secondary N) is 4. The third-order valence-electron chi connectivity index (χ3n) is 6.94. The van der Waals surface area contributed by atoms with Gasteiger partial charge in [0.15, 0.2) is 0 Å². The van der Waals surface area contributed by atoms with Gasteiger partial charge in [-0.2, -0.15) is 0 Å². The highest BCUT2D eigenvalue weighted by atomic mass is 16.5. The van der Waals surface area contributed by atoms with Gasteiger partial charge in [-0.3, -0.25) is 14.6 Å². The van der Waals surface area contributed by atoms with Crippen LogP contribution in [0, 0.1) is 0 Å². The van der Waals surface area contributed by atoms with Gasteiger partial charge in [0.25, 0.3) is 0 Å². The second kappa shape index (κ2) is 11.9. The van der Waals surface area contributed by atoms with E-state index in [4.69, 9.17) is 15.3 Å². The first kappa shape index (κ1) is 26.8. The minimum Gasteiger partial charge on any atom is -0.469 e. The molecule has 0 aromatic heterocycles. The first-order valence-corrected chi connectivity index (χ1v) is 12.9. The molecular formula is C30H32N6O4. The average Bonchev–Trinajstić information content (AvgIpc) is 3.39. The first-order valence-electron chi connectivity index (χ1n) is 12.9. The molecule has 3 aromatic carbocycles. The van der Waals surface area contributed by atoms with Crippen LogP contribution in [0.2, 0.25) is 0 Å². The molecule has 0 bridgehead atoms. The number of rotatable bonds is 8. The van der Waals surface area contributed by atoms with Gasteiger partial charge < -0.3 is 25.5 Å². The van der Waals surface area contributed by atoms with Crippen molar-refractivity contribution >= 4 is 23.3 Å². The Morgan fingerprint density at radius 3 is 2.08 bits per heavy atom. The fourth-order valence-corrected chi connectivity index (χ4v) is 4.88. The van der Waals surface area contributed by atoms with Crippen LogP contribution in [0.5, 0.6) is 0 Å². The Kier molecular flexibility index (Phi) is 7.99. The van der Waals surface area contributed by atoms with Gasteiger partial charge >= 0.3 is 11.9 Å². The van der Waals surface area contributed by atoms with E-state index in [0.29, 0.717) is 0 Å². The molecule has 40 heavy (non-hydrogen) atoms. The van der Waals surface area contributed by atoms with Crippen LogP contribution in [0.15, 0.2) is 85.2 Å². The lowest BCUT2D eigenvalue weighted by molar-refractivity contribution is -0.140. The van der Waals surface area contributed by atoms with Crippen molar-refractivity contribution in [3.63, 3.8) is 0 Å². The van der Waals surface area contributed by atoms with Crippen molar-refractivity contribution in [2.45, 2.75) is 25.2 Å². The van der Waals surface area contributed by atoms with Crippen molar-refractivity contribution in [1.29, 1.82) is 0 Å². The molecule has 0 saturated carbocycles. The summed E-state index contributed by atoms with van der Waals surface area (Å²) in [6.45, 7) is 0. The van der Waals surface area contributed by atoms with Crippen LogP contribution in [0.4, 0.5) is 0 Å². The average molecular weight is 541 g/mol. The van der Waals surface area contributed by atoms with Gasteiger partial charge in [-0.25, -0.2) is 11.3 Å². The third-order valence-corrected chi connectivity index (χ3v) is 6.94. The maximum Gasteiger partial charge on any atom is 0.309 e. The van der Waals surface area contributed by atoms with Crippen LogP contribution in [0.3, 0.4) is 0 Å². The summed E-state index contributed by atoms with van der Waals surface area (Å²) in [7, 11) is 2.77. The van der Waals surface area contributed by atoms with Crippen molar-refractivity contribution in [3.8, 4) is 0 Å². The molecule has 2 unspecified atom stereocenters. The van der Waals surface area contributed by atoms with E-state index in [2.05, 4.69) is 27.6 Å². The predicted octanol–water partition coefficient (Wildman–Crippen LogP) is 2.59. The molecule has 0 spiro atoms. The van der Waals surface area contributed by atoms with Gasteiger partial charge in [0.2, 0.25) is 0 Å². The SMILES string of the molecule is COC(=O)Cc1ccccc1C1NNC=C(c2cccc(C3=CN(N)C(c4ccccc4CC(=O)OC)N3)c2)N1. The maximum atomic E-state index is 12.0. The lowest BCUT2D eigenvalue weighted by atomic mass is 10.0. The fraction of sp³-hybridized carbons (Fsp3) is 0.200. The summed E-state index contributed by atoms with van der Waals surface area (Å²) in [6, 6.07) is 23.5. The molecule has 0 aliphatic carbocycles. The summed E-state index contributed by atoms with van der Waals surface area (Å²) in [5.74, 6) is 5.79.